The zero-order chi connectivity index (χ0) is 19.3. The first-order valence-corrected chi connectivity index (χ1v) is 7.51. The highest BCUT2D eigenvalue weighted by atomic mass is 16.5. The standard InChI is InChI=1S/C19H16O7/c1-11(20)25-18-9-14(22)5-3-13(18)4-8-17(24)16-7-6-15(23)10-19(16)26-12(2)21/h3-10,22-23H,1-2H3. The van der Waals surface area contributed by atoms with E-state index in [9.17, 15) is 24.6 Å². The van der Waals surface area contributed by atoms with Gasteiger partial charge in [0.2, 0.25) is 0 Å². The molecule has 2 rings (SSSR count). The molecule has 2 aromatic rings. The number of allylic oxidation sites excluding steroid dienone is 1. The maximum atomic E-state index is 12.4. The van der Waals surface area contributed by atoms with Crippen molar-refractivity contribution >= 4 is 23.8 Å². The predicted octanol–water partition coefficient (Wildman–Crippen LogP) is 2.84. The Bertz CT molecular complexity index is 897. The number of hydrogen-bond donors (Lipinski definition) is 2. The van der Waals surface area contributed by atoms with Crippen LogP contribution < -0.4 is 9.47 Å². The Morgan fingerprint density at radius 3 is 2.00 bits per heavy atom. The monoisotopic (exact) mass is 356 g/mol. The molecule has 7 nitrogen and oxygen atoms in total. The minimum absolute atomic E-state index is 0.0712. The molecular weight excluding hydrogens is 340 g/mol. The number of ketones is 1. The molecule has 2 aromatic carbocycles. The SMILES string of the molecule is CC(=O)Oc1cc(O)ccc1C=CC(=O)c1ccc(O)cc1OC(C)=O. The van der Waals surface area contributed by atoms with E-state index in [4.69, 9.17) is 9.47 Å². The molecule has 26 heavy (non-hydrogen) atoms. The van der Waals surface area contributed by atoms with Gasteiger partial charge in [-0.25, -0.2) is 0 Å². The lowest BCUT2D eigenvalue weighted by molar-refractivity contribution is -0.132. The highest BCUT2D eigenvalue weighted by Crippen LogP contribution is 2.28. The number of benzene rings is 2. The second-order valence-electron chi connectivity index (χ2n) is 5.29. The van der Waals surface area contributed by atoms with Gasteiger partial charge in [0.25, 0.3) is 0 Å². The van der Waals surface area contributed by atoms with Gasteiger partial charge < -0.3 is 19.7 Å². The minimum atomic E-state index is -0.635. The van der Waals surface area contributed by atoms with Crippen LogP contribution in [-0.4, -0.2) is 27.9 Å². The van der Waals surface area contributed by atoms with Crippen LogP contribution in [0.1, 0.15) is 29.8 Å². The lowest BCUT2D eigenvalue weighted by Gasteiger charge is -2.08. The fourth-order valence-electron chi connectivity index (χ4n) is 2.11. The molecule has 0 atom stereocenters. The molecule has 0 aliphatic carbocycles. The summed E-state index contributed by atoms with van der Waals surface area (Å²) < 4.78 is 9.93. The van der Waals surface area contributed by atoms with Gasteiger partial charge >= 0.3 is 11.9 Å². The minimum Gasteiger partial charge on any atom is -0.508 e. The van der Waals surface area contributed by atoms with Crippen molar-refractivity contribution in [2.45, 2.75) is 13.8 Å². The molecule has 0 saturated carbocycles. The summed E-state index contributed by atoms with van der Waals surface area (Å²) >= 11 is 0. The van der Waals surface area contributed by atoms with Crippen molar-refractivity contribution in [2.75, 3.05) is 0 Å². The first-order chi connectivity index (χ1) is 12.3. The average Bonchev–Trinajstić information content (AvgIpc) is 2.52. The molecular formula is C19H16O7. The van der Waals surface area contributed by atoms with Crippen LogP contribution in [0.15, 0.2) is 42.5 Å². The molecule has 0 aliphatic rings. The lowest BCUT2D eigenvalue weighted by Crippen LogP contribution is -2.06. The van der Waals surface area contributed by atoms with Gasteiger partial charge in [0, 0.05) is 31.5 Å². The average molecular weight is 356 g/mol. The number of rotatable bonds is 5. The van der Waals surface area contributed by atoms with Gasteiger partial charge in [-0.15, -0.1) is 0 Å². The molecule has 2 N–H and O–H groups in total. The summed E-state index contributed by atoms with van der Waals surface area (Å²) in [5.74, 6) is -1.94. The summed E-state index contributed by atoms with van der Waals surface area (Å²) in [6, 6.07) is 7.87. The highest BCUT2D eigenvalue weighted by molar-refractivity contribution is 6.09. The molecule has 0 spiro atoms. The third kappa shape index (κ3) is 4.94. The van der Waals surface area contributed by atoms with E-state index in [0.717, 1.165) is 6.07 Å². The second-order valence-corrected chi connectivity index (χ2v) is 5.29. The Hall–Kier alpha value is -3.61. The van der Waals surface area contributed by atoms with Gasteiger partial charge in [0.15, 0.2) is 5.78 Å². The first-order valence-electron chi connectivity index (χ1n) is 7.51. The van der Waals surface area contributed by atoms with Crippen LogP contribution in [0.4, 0.5) is 0 Å². The fourth-order valence-corrected chi connectivity index (χ4v) is 2.11. The number of carbonyl (C=O) groups excluding carboxylic acids is 3. The molecule has 0 bridgehead atoms. The van der Waals surface area contributed by atoms with Crippen LogP contribution in [-0.2, 0) is 9.59 Å². The molecule has 134 valence electrons. The number of esters is 2. The molecule has 0 aliphatic heterocycles. The second kappa shape index (κ2) is 7.98. The van der Waals surface area contributed by atoms with E-state index in [1.165, 1.54) is 56.3 Å². The van der Waals surface area contributed by atoms with E-state index in [0.29, 0.717) is 5.56 Å². The summed E-state index contributed by atoms with van der Waals surface area (Å²) in [4.78, 5) is 34.7. The number of ether oxygens (including phenoxy) is 2. The van der Waals surface area contributed by atoms with E-state index in [2.05, 4.69) is 0 Å². The van der Waals surface area contributed by atoms with Crippen LogP contribution in [0.25, 0.3) is 6.08 Å². The van der Waals surface area contributed by atoms with Gasteiger partial charge in [-0.1, -0.05) is 0 Å². The number of phenolic OH excluding ortho intramolecular Hbond substituents is 2. The quantitative estimate of drug-likeness (QED) is 0.367. The number of hydrogen-bond acceptors (Lipinski definition) is 7. The van der Waals surface area contributed by atoms with Crippen LogP contribution in [0.5, 0.6) is 23.0 Å². The molecule has 0 unspecified atom stereocenters. The van der Waals surface area contributed by atoms with Gasteiger partial charge in [-0.2, -0.15) is 0 Å². The summed E-state index contributed by atoms with van der Waals surface area (Å²) in [6.07, 6.45) is 2.59. The van der Waals surface area contributed by atoms with Crippen molar-refractivity contribution in [3.8, 4) is 23.0 Å². The summed E-state index contributed by atoms with van der Waals surface area (Å²) in [5, 5.41) is 19.0. The van der Waals surface area contributed by atoms with Gasteiger partial charge in [-0.05, 0) is 36.4 Å². The van der Waals surface area contributed by atoms with Gasteiger partial charge in [0.1, 0.15) is 23.0 Å². The van der Waals surface area contributed by atoms with Crippen molar-refractivity contribution in [1.82, 2.24) is 0 Å². The molecule has 0 heterocycles. The van der Waals surface area contributed by atoms with E-state index in [1.807, 2.05) is 0 Å². The molecule has 0 fully saturated rings. The van der Waals surface area contributed by atoms with Gasteiger partial charge in [0.05, 0.1) is 5.56 Å². The van der Waals surface area contributed by atoms with Crippen LogP contribution >= 0.6 is 0 Å². The molecule has 0 amide bonds. The van der Waals surface area contributed by atoms with Crippen molar-refractivity contribution < 1.29 is 34.1 Å². The number of aromatic hydroxyl groups is 2. The van der Waals surface area contributed by atoms with E-state index >= 15 is 0 Å². The lowest BCUT2D eigenvalue weighted by atomic mass is 10.1. The zero-order valence-electron chi connectivity index (χ0n) is 14.1. The predicted molar refractivity (Wildman–Crippen MR) is 92.2 cm³/mol. The Labute approximate surface area is 149 Å². The topological polar surface area (TPSA) is 110 Å². The maximum absolute atomic E-state index is 12.4. The molecule has 7 heteroatoms. The fraction of sp³-hybridized carbons (Fsp3) is 0.105. The van der Waals surface area contributed by atoms with Crippen LogP contribution in [0, 0.1) is 0 Å². The zero-order valence-corrected chi connectivity index (χ0v) is 14.1. The smallest absolute Gasteiger partial charge is 0.308 e. The number of carbonyl (C=O) groups is 3. The Morgan fingerprint density at radius 1 is 0.846 bits per heavy atom. The van der Waals surface area contributed by atoms with E-state index in [-0.39, 0.29) is 28.6 Å². The summed E-state index contributed by atoms with van der Waals surface area (Å²) in [6.45, 7) is 2.39. The van der Waals surface area contributed by atoms with Crippen molar-refractivity contribution in [3.63, 3.8) is 0 Å². The highest BCUT2D eigenvalue weighted by Gasteiger charge is 2.13. The number of phenols is 2. The van der Waals surface area contributed by atoms with E-state index in [1.54, 1.807) is 0 Å². The third-order valence-corrected chi connectivity index (χ3v) is 3.15. The first kappa shape index (κ1) is 18.7. The van der Waals surface area contributed by atoms with Gasteiger partial charge in [-0.3, -0.25) is 14.4 Å². The van der Waals surface area contributed by atoms with E-state index < -0.39 is 17.7 Å². The summed E-state index contributed by atoms with van der Waals surface area (Å²) in [5.41, 5.74) is 0.459. The normalized spacial score (nSPS) is 10.5. The molecule has 0 aromatic heterocycles. The Balaban J connectivity index is 2.33. The van der Waals surface area contributed by atoms with Crippen molar-refractivity contribution in [3.05, 3.63) is 53.6 Å². The molecule has 0 saturated heterocycles. The van der Waals surface area contributed by atoms with Crippen molar-refractivity contribution in [2.24, 2.45) is 0 Å². The summed E-state index contributed by atoms with van der Waals surface area (Å²) in [7, 11) is 0. The van der Waals surface area contributed by atoms with Crippen LogP contribution in [0.3, 0.4) is 0 Å². The maximum Gasteiger partial charge on any atom is 0.308 e. The Morgan fingerprint density at radius 2 is 1.38 bits per heavy atom. The molecule has 0 radical (unpaired) electrons. The third-order valence-electron chi connectivity index (χ3n) is 3.15. The van der Waals surface area contributed by atoms with Crippen LogP contribution in [0.2, 0.25) is 0 Å². The Kier molecular flexibility index (Phi) is 5.74. The largest absolute Gasteiger partial charge is 0.508 e. The van der Waals surface area contributed by atoms with Crippen molar-refractivity contribution in [1.29, 1.82) is 0 Å².